The van der Waals surface area contributed by atoms with E-state index in [1.807, 2.05) is 0 Å². The molecular formula is C10H7BrF2N4O. The van der Waals surface area contributed by atoms with Gasteiger partial charge in [0.05, 0.1) is 10.7 Å². The van der Waals surface area contributed by atoms with Gasteiger partial charge in [-0.2, -0.15) is 5.10 Å². The van der Waals surface area contributed by atoms with Gasteiger partial charge < -0.3 is 10.9 Å². The van der Waals surface area contributed by atoms with E-state index in [1.165, 1.54) is 12.4 Å². The van der Waals surface area contributed by atoms with E-state index in [-0.39, 0.29) is 17.1 Å². The summed E-state index contributed by atoms with van der Waals surface area (Å²) < 4.78 is 29.2. The number of hydrogen-bond donors (Lipinski definition) is 2. The molecular weight excluding hydrogens is 310 g/mol. The summed E-state index contributed by atoms with van der Waals surface area (Å²) in [6.07, 6.45) is 2.81. The van der Waals surface area contributed by atoms with Gasteiger partial charge in [-0.3, -0.25) is 0 Å². The zero-order chi connectivity index (χ0) is 13.3. The molecule has 0 aliphatic carbocycles. The fraction of sp³-hybridized carbons (Fsp3) is 0. The van der Waals surface area contributed by atoms with E-state index in [9.17, 15) is 8.78 Å². The van der Waals surface area contributed by atoms with Gasteiger partial charge in [0.2, 0.25) is 0 Å². The number of halogens is 3. The molecule has 1 heterocycles. The van der Waals surface area contributed by atoms with Gasteiger partial charge >= 0.3 is 0 Å². The third-order valence-corrected chi connectivity index (χ3v) is 2.61. The largest absolute Gasteiger partial charge is 0.409 e. The van der Waals surface area contributed by atoms with Gasteiger partial charge in [0.15, 0.2) is 17.5 Å². The Balaban J connectivity index is 2.58. The van der Waals surface area contributed by atoms with E-state index in [0.29, 0.717) is 4.47 Å². The molecule has 2 rings (SSSR count). The topological polar surface area (TPSA) is 76.4 Å². The molecule has 0 spiro atoms. The number of rotatable bonds is 2. The lowest BCUT2D eigenvalue weighted by molar-refractivity contribution is 0.318. The van der Waals surface area contributed by atoms with Crippen LogP contribution in [0, 0.1) is 11.6 Å². The Morgan fingerprint density at radius 2 is 2.00 bits per heavy atom. The molecule has 8 heteroatoms. The lowest BCUT2D eigenvalue weighted by Gasteiger charge is -2.07. The number of nitrogens with two attached hydrogens (primary N) is 1. The zero-order valence-corrected chi connectivity index (χ0v) is 10.4. The average Bonchev–Trinajstić information content (AvgIpc) is 2.73. The standard InChI is InChI=1S/C10H7BrF2N4O/c11-6-3-15-17(4-6)9-7(12)1-5(2-8(9)13)10(14)16-18/h1-4,18H,(H2,14,16). The summed E-state index contributed by atoms with van der Waals surface area (Å²) in [6.45, 7) is 0. The maximum absolute atomic E-state index is 13.8. The van der Waals surface area contributed by atoms with Crippen LogP contribution >= 0.6 is 15.9 Å². The minimum absolute atomic E-state index is 0.0533. The van der Waals surface area contributed by atoms with E-state index in [4.69, 9.17) is 10.9 Å². The molecule has 0 amide bonds. The molecule has 0 atom stereocenters. The summed E-state index contributed by atoms with van der Waals surface area (Å²) >= 11 is 3.13. The van der Waals surface area contributed by atoms with Crippen molar-refractivity contribution in [2.24, 2.45) is 10.9 Å². The minimum Gasteiger partial charge on any atom is -0.409 e. The predicted molar refractivity (Wildman–Crippen MR) is 63.7 cm³/mol. The van der Waals surface area contributed by atoms with Crippen LogP contribution < -0.4 is 5.73 Å². The number of aromatic nitrogens is 2. The Morgan fingerprint density at radius 1 is 1.39 bits per heavy atom. The van der Waals surface area contributed by atoms with Crippen molar-refractivity contribution in [3.63, 3.8) is 0 Å². The monoisotopic (exact) mass is 316 g/mol. The normalized spacial score (nSPS) is 11.8. The predicted octanol–water partition coefficient (Wildman–Crippen LogP) is 2.01. The summed E-state index contributed by atoms with van der Waals surface area (Å²) in [6, 6.07) is 1.92. The van der Waals surface area contributed by atoms with Crippen molar-refractivity contribution in [3.8, 4) is 5.69 Å². The fourth-order valence-corrected chi connectivity index (χ4v) is 1.70. The highest BCUT2D eigenvalue weighted by atomic mass is 79.9. The Kier molecular flexibility index (Phi) is 3.28. The number of oxime groups is 1. The molecule has 0 bridgehead atoms. The highest BCUT2D eigenvalue weighted by molar-refractivity contribution is 9.10. The summed E-state index contributed by atoms with van der Waals surface area (Å²) in [5, 5.41) is 14.9. The van der Waals surface area contributed by atoms with Crippen LogP contribution in [0.4, 0.5) is 8.78 Å². The quantitative estimate of drug-likeness (QED) is 0.385. The van der Waals surface area contributed by atoms with Crippen LogP contribution in [-0.2, 0) is 0 Å². The Hall–Kier alpha value is -1.96. The molecule has 1 aromatic heterocycles. The third kappa shape index (κ3) is 2.19. The first-order chi connectivity index (χ1) is 8.52. The Bertz CT molecular complexity index is 603. The van der Waals surface area contributed by atoms with Crippen molar-refractivity contribution in [3.05, 3.63) is 46.2 Å². The van der Waals surface area contributed by atoms with Crippen LogP contribution in [0.25, 0.3) is 5.69 Å². The van der Waals surface area contributed by atoms with E-state index in [1.54, 1.807) is 0 Å². The molecule has 3 N–H and O–H groups in total. The van der Waals surface area contributed by atoms with Crippen molar-refractivity contribution in [2.75, 3.05) is 0 Å². The molecule has 94 valence electrons. The van der Waals surface area contributed by atoms with Gasteiger partial charge in [0.1, 0.15) is 5.69 Å². The summed E-state index contributed by atoms with van der Waals surface area (Å²) in [5.74, 6) is -2.11. The van der Waals surface area contributed by atoms with Crippen molar-refractivity contribution in [1.82, 2.24) is 9.78 Å². The molecule has 18 heavy (non-hydrogen) atoms. The van der Waals surface area contributed by atoms with Crippen molar-refractivity contribution >= 4 is 21.8 Å². The van der Waals surface area contributed by atoms with E-state index in [0.717, 1.165) is 16.8 Å². The second-order valence-corrected chi connectivity index (χ2v) is 4.29. The maximum atomic E-state index is 13.8. The van der Waals surface area contributed by atoms with Crippen LogP contribution in [0.2, 0.25) is 0 Å². The Morgan fingerprint density at radius 3 is 2.44 bits per heavy atom. The van der Waals surface area contributed by atoms with Crippen molar-refractivity contribution in [2.45, 2.75) is 0 Å². The van der Waals surface area contributed by atoms with Crippen LogP contribution in [-0.4, -0.2) is 20.8 Å². The molecule has 0 aliphatic rings. The molecule has 0 unspecified atom stereocenters. The summed E-state index contributed by atoms with van der Waals surface area (Å²) in [5.41, 5.74) is 4.87. The smallest absolute Gasteiger partial charge is 0.170 e. The number of nitrogens with zero attached hydrogens (tertiary/aromatic N) is 3. The summed E-state index contributed by atoms with van der Waals surface area (Å²) in [4.78, 5) is 0. The first-order valence-corrected chi connectivity index (χ1v) is 5.49. The average molecular weight is 317 g/mol. The summed E-state index contributed by atoms with van der Waals surface area (Å²) in [7, 11) is 0. The second kappa shape index (κ2) is 4.73. The lowest BCUT2D eigenvalue weighted by Crippen LogP contribution is -2.15. The van der Waals surface area contributed by atoms with E-state index >= 15 is 0 Å². The third-order valence-electron chi connectivity index (χ3n) is 2.20. The SMILES string of the molecule is N/C(=N/O)c1cc(F)c(-n2cc(Br)cn2)c(F)c1. The zero-order valence-electron chi connectivity index (χ0n) is 8.81. The van der Waals surface area contributed by atoms with Crippen LogP contribution in [0.5, 0.6) is 0 Å². The van der Waals surface area contributed by atoms with Gasteiger partial charge in [0, 0.05) is 11.8 Å². The van der Waals surface area contributed by atoms with Crippen LogP contribution in [0.3, 0.4) is 0 Å². The number of amidine groups is 1. The molecule has 0 radical (unpaired) electrons. The molecule has 0 saturated carbocycles. The second-order valence-electron chi connectivity index (χ2n) is 3.38. The molecule has 0 aliphatic heterocycles. The van der Waals surface area contributed by atoms with Crippen LogP contribution in [0.1, 0.15) is 5.56 Å². The lowest BCUT2D eigenvalue weighted by atomic mass is 10.1. The molecule has 2 aromatic rings. The number of hydrogen-bond acceptors (Lipinski definition) is 3. The van der Waals surface area contributed by atoms with Gasteiger partial charge in [-0.25, -0.2) is 13.5 Å². The maximum Gasteiger partial charge on any atom is 0.170 e. The van der Waals surface area contributed by atoms with Gasteiger partial charge in [-0.15, -0.1) is 0 Å². The Labute approximate surface area is 109 Å². The molecule has 1 aromatic carbocycles. The molecule has 0 saturated heterocycles. The van der Waals surface area contributed by atoms with Crippen molar-refractivity contribution in [1.29, 1.82) is 0 Å². The highest BCUT2D eigenvalue weighted by Gasteiger charge is 2.15. The first kappa shape index (κ1) is 12.5. The van der Waals surface area contributed by atoms with E-state index in [2.05, 4.69) is 26.2 Å². The number of benzene rings is 1. The molecule has 0 fully saturated rings. The van der Waals surface area contributed by atoms with Crippen molar-refractivity contribution < 1.29 is 14.0 Å². The van der Waals surface area contributed by atoms with Gasteiger partial charge in [-0.1, -0.05) is 5.16 Å². The first-order valence-electron chi connectivity index (χ1n) is 4.70. The molecule has 5 nitrogen and oxygen atoms in total. The van der Waals surface area contributed by atoms with E-state index < -0.39 is 11.6 Å². The highest BCUT2D eigenvalue weighted by Crippen LogP contribution is 2.21. The van der Waals surface area contributed by atoms with Crippen LogP contribution in [0.15, 0.2) is 34.2 Å². The minimum atomic E-state index is -0.868. The van der Waals surface area contributed by atoms with Gasteiger partial charge in [-0.05, 0) is 28.1 Å². The van der Waals surface area contributed by atoms with Gasteiger partial charge in [0.25, 0.3) is 0 Å². The fourth-order valence-electron chi connectivity index (χ4n) is 1.41.